The van der Waals surface area contributed by atoms with Crippen molar-refractivity contribution in [3.05, 3.63) is 29.6 Å². The number of halogens is 1. The number of rotatable bonds is 6. The third-order valence-corrected chi connectivity index (χ3v) is 2.17. The SMILES string of the molecule is CC(O)COc1c(F)cccc1CCCN. The van der Waals surface area contributed by atoms with E-state index in [4.69, 9.17) is 15.6 Å². The molecule has 1 unspecified atom stereocenters. The number of aliphatic hydroxyl groups is 1. The van der Waals surface area contributed by atoms with Gasteiger partial charge in [-0.2, -0.15) is 0 Å². The maximum absolute atomic E-state index is 13.5. The van der Waals surface area contributed by atoms with Crippen LogP contribution in [0, 0.1) is 5.82 Å². The minimum atomic E-state index is -0.609. The maximum Gasteiger partial charge on any atom is 0.165 e. The molecule has 0 aliphatic heterocycles. The molecule has 0 heterocycles. The Hall–Kier alpha value is -1.13. The molecule has 0 bridgehead atoms. The molecule has 3 nitrogen and oxygen atoms in total. The van der Waals surface area contributed by atoms with Crippen LogP contribution in [0.15, 0.2) is 18.2 Å². The summed E-state index contributed by atoms with van der Waals surface area (Å²) in [4.78, 5) is 0. The summed E-state index contributed by atoms with van der Waals surface area (Å²) in [5, 5.41) is 9.10. The van der Waals surface area contributed by atoms with Gasteiger partial charge in [-0.15, -0.1) is 0 Å². The number of hydrogen-bond acceptors (Lipinski definition) is 3. The molecule has 4 heteroatoms. The smallest absolute Gasteiger partial charge is 0.165 e. The molecule has 1 aromatic carbocycles. The van der Waals surface area contributed by atoms with Crippen LogP contribution >= 0.6 is 0 Å². The number of nitrogens with two attached hydrogens (primary N) is 1. The zero-order chi connectivity index (χ0) is 12.0. The Morgan fingerprint density at radius 1 is 1.50 bits per heavy atom. The van der Waals surface area contributed by atoms with Crippen LogP contribution in [0.25, 0.3) is 0 Å². The lowest BCUT2D eigenvalue weighted by atomic mass is 10.1. The number of benzene rings is 1. The molecule has 0 fully saturated rings. The molecular formula is C12H18FNO2. The number of hydrogen-bond donors (Lipinski definition) is 2. The van der Waals surface area contributed by atoms with Crippen molar-refractivity contribution < 1.29 is 14.2 Å². The molecule has 0 aromatic heterocycles. The van der Waals surface area contributed by atoms with Gasteiger partial charge < -0.3 is 15.6 Å². The van der Waals surface area contributed by atoms with E-state index in [9.17, 15) is 4.39 Å². The highest BCUT2D eigenvalue weighted by molar-refractivity contribution is 5.35. The highest BCUT2D eigenvalue weighted by atomic mass is 19.1. The van der Waals surface area contributed by atoms with Crippen LogP contribution in [0.1, 0.15) is 18.9 Å². The summed E-state index contributed by atoms with van der Waals surface area (Å²) < 4.78 is 18.8. The van der Waals surface area contributed by atoms with Gasteiger partial charge in [0.15, 0.2) is 11.6 Å². The molecule has 1 atom stereocenters. The first kappa shape index (κ1) is 12.9. The van der Waals surface area contributed by atoms with Crippen LogP contribution < -0.4 is 10.5 Å². The third kappa shape index (κ3) is 3.79. The fourth-order valence-corrected chi connectivity index (χ4v) is 1.41. The molecule has 16 heavy (non-hydrogen) atoms. The van der Waals surface area contributed by atoms with Crippen molar-refractivity contribution in [1.29, 1.82) is 0 Å². The first-order valence-corrected chi connectivity index (χ1v) is 5.43. The summed E-state index contributed by atoms with van der Waals surface area (Å²) >= 11 is 0. The lowest BCUT2D eigenvalue weighted by Crippen LogP contribution is -2.14. The molecule has 0 amide bonds. The van der Waals surface area contributed by atoms with Crippen LogP contribution in [0.2, 0.25) is 0 Å². The van der Waals surface area contributed by atoms with Crippen LogP contribution in [-0.4, -0.2) is 24.4 Å². The van der Waals surface area contributed by atoms with Crippen LogP contribution in [-0.2, 0) is 6.42 Å². The third-order valence-electron chi connectivity index (χ3n) is 2.17. The van der Waals surface area contributed by atoms with Crippen LogP contribution in [0.3, 0.4) is 0 Å². The van der Waals surface area contributed by atoms with Crippen molar-refractivity contribution in [2.24, 2.45) is 5.73 Å². The van der Waals surface area contributed by atoms with Gasteiger partial charge in [0.1, 0.15) is 6.61 Å². The Morgan fingerprint density at radius 2 is 2.25 bits per heavy atom. The predicted molar refractivity (Wildman–Crippen MR) is 61.0 cm³/mol. The van der Waals surface area contributed by atoms with Gasteiger partial charge >= 0.3 is 0 Å². The molecule has 1 rings (SSSR count). The summed E-state index contributed by atoms with van der Waals surface area (Å²) in [6.07, 6.45) is 0.861. The molecule has 1 aromatic rings. The molecule has 90 valence electrons. The highest BCUT2D eigenvalue weighted by Crippen LogP contribution is 2.24. The van der Waals surface area contributed by atoms with E-state index in [0.29, 0.717) is 13.0 Å². The topological polar surface area (TPSA) is 55.5 Å². The van der Waals surface area contributed by atoms with Gasteiger partial charge in [0, 0.05) is 0 Å². The molecule has 0 aliphatic rings. The second kappa shape index (κ2) is 6.45. The summed E-state index contributed by atoms with van der Waals surface area (Å²) in [5.74, 6) is -0.160. The van der Waals surface area contributed by atoms with Crippen molar-refractivity contribution in [2.75, 3.05) is 13.2 Å². The average molecular weight is 227 g/mol. The molecule has 0 saturated heterocycles. The highest BCUT2D eigenvalue weighted by Gasteiger charge is 2.10. The Kier molecular flexibility index (Phi) is 5.22. The Labute approximate surface area is 95.0 Å². The van der Waals surface area contributed by atoms with Gasteiger partial charge in [-0.05, 0) is 37.9 Å². The molecule has 0 radical (unpaired) electrons. The van der Waals surface area contributed by atoms with Gasteiger partial charge in [0.05, 0.1) is 6.10 Å². The van der Waals surface area contributed by atoms with Gasteiger partial charge in [-0.1, -0.05) is 12.1 Å². The predicted octanol–water partition coefficient (Wildman–Crippen LogP) is 1.48. The van der Waals surface area contributed by atoms with Gasteiger partial charge in [-0.25, -0.2) is 4.39 Å². The van der Waals surface area contributed by atoms with E-state index in [1.54, 1.807) is 13.0 Å². The van der Waals surface area contributed by atoms with Crippen molar-refractivity contribution >= 4 is 0 Å². The minimum absolute atomic E-state index is 0.0938. The second-order valence-corrected chi connectivity index (χ2v) is 3.78. The van der Waals surface area contributed by atoms with Crippen molar-refractivity contribution in [1.82, 2.24) is 0 Å². The Balaban J connectivity index is 2.77. The van der Waals surface area contributed by atoms with E-state index in [0.717, 1.165) is 12.0 Å². The average Bonchev–Trinajstić information content (AvgIpc) is 2.24. The maximum atomic E-state index is 13.5. The zero-order valence-electron chi connectivity index (χ0n) is 9.45. The van der Waals surface area contributed by atoms with E-state index in [1.165, 1.54) is 6.07 Å². The number of aliphatic hydroxyl groups excluding tert-OH is 1. The van der Waals surface area contributed by atoms with Crippen molar-refractivity contribution in [3.63, 3.8) is 0 Å². The van der Waals surface area contributed by atoms with E-state index in [-0.39, 0.29) is 12.4 Å². The number of para-hydroxylation sites is 1. The fourth-order valence-electron chi connectivity index (χ4n) is 1.41. The van der Waals surface area contributed by atoms with Gasteiger partial charge in [-0.3, -0.25) is 0 Å². The first-order chi connectivity index (χ1) is 7.65. The van der Waals surface area contributed by atoms with E-state index < -0.39 is 11.9 Å². The molecule has 0 saturated carbocycles. The largest absolute Gasteiger partial charge is 0.488 e. The lowest BCUT2D eigenvalue weighted by molar-refractivity contribution is 0.119. The Morgan fingerprint density at radius 3 is 2.88 bits per heavy atom. The summed E-state index contributed by atoms with van der Waals surface area (Å²) in [6.45, 7) is 2.25. The van der Waals surface area contributed by atoms with E-state index in [2.05, 4.69) is 0 Å². The van der Waals surface area contributed by atoms with Crippen molar-refractivity contribution in [2.45, 2.75) is 25.9 Å². The summed E-state index contributed by atoms with van der Waals surface area (Å²) in [5.41, 5.74) is 6.21. The Bertz CT molecular complexity index is 329. The summed E-state index contributed by atoms with van der Waals surface area (Å²) in [7, 11) is 0. The standard InChI is InChI=1S/C12H18FNO2/c1-9(15)8-16-12-10(5-3-7-14)4-2-6-11(12)13/h2,4,6,9,15H,3,5,7-8,14H2,1H3. The fraction of sp³-hybridized carbons (Fsp3) is 0.500. The zero-order valence-corrected chi connectivity index (χ0v) is 9.45. The minimum Gasteiger partial charge on any atom is -0.488 e. The van der Waals surface area contributed by atoms with Crippen molar-refractivity contribution in [3.8, 4) is 5.75 Å². The monoisotopic (exact) mass is 227 g/mol. The molecular weight excluding hydrogens is 209 g/mol. The van der Waals surface area contributed by atoms with E-state index in [1.807, 2.05) is 6.07 Å². The first-order valence-electron chi connectivity index (χ1n) is 5.43. The lowest BCUT2D eigenvalue weighted by Gasteiger charge is -2.13. The number of ether oxygens (including phenoxy) is 1. The molecule has 0 aliphatic carbocycles. The normalized spacial score (nSPS) is 12.5. The van der Waals surface area contributed by atoms with Crippen LogP contribution in [0.5, 0.6) is 5.75 Å². The van der Waals surface area contributed by atoms with Gasteiger partial charge in [0.2, 0.25) is 0 Å². The quantitative estimate of drug-likeness (QED) is 0.774. The van der Waals surface area contributed by atoms with Gasteiger partial charge in [0.25, 0.3) is 0 Å². The van der Waals surface area contributed by atoms with E-state index >= 15 is 0 Å². The second-order valence-electron chi connectivity index (χ2n) is 3.78. The molecule has 3 N–H and O–H groups in total. The molecule has 0 spiro atoms. The number of aryl methyl sites for hydroxylation is 1. The summed E-state index contributed by atoms with van der Waals surface area (Å²) in [6, 6.07) is 4.82. The van der Waals surface area contributed by atoms with Crippen LogP contribution in [0.4, 0.5) is 4.39 Å².